The summed E-state index contributed by atoms with van der Waals surface area (Å²) in [5.74, 6) is 0. The second kappa shape index (κ2) is 4.85. The molecule has 0 radical (unpaired) electrons. The lowest BCUT2D eigenvalue weighted by atomic mass is 10.2. The quantitative estimate of drug-likeness (QED) is 0.845. The molecular weight excluding hydrogens is 230 g/mol. The van der Waals surface area contributed by atoms with Crippen molar-refractivity contribution >= 4 is 26.7 Å². The van der Waals surface area contributed by atoms with E-state index < -0.39 is 0 Å². The van der Waals surface area contributed by atoms with E-state index in [0.717, 1.165) is 23.3 Å². The molecule has 0 bridgehead atoms. The van der Waals surface area contributed by atoms with Gasteiger partial charge < -0.3 is 5.73 Å². The van der Waals surface area contributed by atoms with Crippen molar-refractivity contribution in [2.24, 2.45) is 0 Å². The highest BCUT2D eigenvalue weighted by molar-refractivity contribution is 7.22. The lowest BCUT2D eigenvalue weighted by molar-refractivity contribution is 0.356. The molecule has 0 aliphatic heterocycles. The fourth-order valence-corrected chi connectivity index (χ4v) is 2.71. The summed E-state index contributed by atoms with van der Waals surface area (Å²) in [4.78, 5) is 6.49. The fourth-order valence-electron chi connectivity index (χ4n) is 1.91. The van der Waals surface area contributed by atoms with Gasteiger partial charge in [-0.2, -0.15) is 0 Å². The van der Waals surface area contributed by atoms with E-state index in [1.54, 1.807) is 0 Å². The van der Waals surface area contributed by atoms with Crippen LogP contribution in [-0.4, -0.2) is 23.5 Å². The van der Waals surface area contributed by atoms with Gasteiger partial charge in [0.15, 0.2) is 5.13 Å². The molecule has 0 fully saturated rings. The third-order valence-electron chi connectivity index (χ3n) is 2.46. The van der Waals surface area contributed by atoms with Crippen LogP contribution in [0.25, 0.3) is 10.2 Å². The summed E-state index contributed by atoms with van der Waals surface area (Å²) in [6, 6.07) is 6.31. The Kier molecular flexibility index (Phi) is 3.45. The first-order chi connectivity index (χ1) is 8.04. The molecule has 0 aliphatic rings. The van der Waals surface area contributed by atoms with E-state index in [-0.39, 0.29) is 0 Å². The molecule has 3 nitrogen and oxygen atoms in total. The SMILES string of the molecule is C=C(C)CN(C)Cc1ccc2nc(N)sc2c1. The van der Waals surface area contributed by atoms with Crippen molar-refractivity contribution in [2.75, 3.05) is 19.3 Å². The molecule has 2 aromatic rings. The van der Waals surface area contributed by atoms with Crippen LogP contribution in [0.2, 0.25) is 0 Å². The molecule has 0 aliphatic carbocycles. The van der Waals surface area contributed by atoms with E-state index >= 15 is 0 Å². The Morgan fingerprint density at radius 1 is 1.53 bits per heavy atom. The minimum Gasteiger partial charge on any atom is -0.375 e. The van der Waals surface area contributed by atoms with Crippen molar-refractivity contribution in [3.63, 3.8) is 0 Å². The number of likely N-dealkylation sites (N-methyl/N-ethyl adjacent to an activating group) is 1. The highest BCUT2D eigenvalue weighted by Crippen LogP contribution is 2.24. The summed E-state index contributed by atoms with van der Waals surface area (Å²) in [5.41, 5.74) is 9.14. The van der Waals surface area contributed by atoms with Gasteiger partial charge in [0.25, 0.3) is 0 Å². The average Bonchev–Trinajstić information content (AvgIpc) is 2.55. The number of aromatic nitrogens is 1. The number of nitrogen functional groups attached to an aromatic ring is 1. The van der Waals surface area contributed by atoms with Crippen LogP contribution in [0.3, 0.4) is 0 Å². The Bertz CT molecular complexity index is 545. The Labute approximate surface area is 106 Å². The van der Waals surface area contributed by atoms with Crippen molar-refractivity contribution in [1.82, 2.24) is 9.88 Å². The predicted molar refractivity (Wildman–Crippen MR) is 75.2 cm³/mol. The molecule has 0 saturated carbocycles. The molecular formula is C13H17N3S. The van der Waals surface area contributed by atoms with Gasteiger partial charge in [0.2, 0.25) is 0 Å². The smallest absolute Gasteiger partial charge is 0.181 e. The third-order valence-corrected chi connectivity index (χ3v) is 3.31. The zero-order valence-electron chi connectivity index (χ0n) is 10.2. The minimum atomic E-state index is 0.632. The van der Waals surface area contributed by atoms with Gasteiger partial charge in [-0.25, -0.2) is 4.98 Å². The summed E-state index contributed by atoms with van der Waals surface area (Å²) in [6.45, 7) is 7.81. The van der Waals surface area contributed by atoms with E-state index in [1.165, 1.54) is 22.5 Å². The van der Waals surface area contributed by atoms with Crippen molar-refractivity contribution in [3.8, 4) is 0 Å². The van der Waals surface area contributed by atoms with Gasteiger partial charge in [-0.3, -0.25) is 4.90 Å². The van der Waals surface area contributed by atoms with Crippen LogP contribution in [0.15, 0.2) is 30.4 Å². The van der Waals surface area contributed by atoms with Crippen LogP contribution in [0, 0.1) is 0 Å². The molecule has 1 aromatic heterocycles. The first-order valence-corrected chi connectivity index (χ1v) is 6.34. The van der Waals surface area contributed by atoms with E-state index in [9.17, 15) is 0 Å². The summed E-state index contributed by atoms with van der Waals surface area (Å²) in [6.07, 6.45) is 0. The average molecular weight is 247 g/mol. The van der Waals surface area contributed by atoms with Crippen LogP contribution in [0.1, 0.15) is 12.5 Å². The summed E-state index contributed by atoms with van der Waals surface area (Å²) in [5, 5.41) is 0.632. The molecule has 1 heterocycles. The monoisotopic (exact) mass is 247 g/mol. The van der Waals surface area contributed by atoms with Crippen LogP contribution >= 0.6 is 11.3 Å². The topological polar surface area (TPSA) is 42.2 Å². The molecule has 0 saturated heterocycles. The van der Waals surface area contributed by atoms with Crippen molar-refractivity contribution < 1.29 is 0 Å². The number of benzene rings is 1. The van der Waals surface area contributed by atoms with Crippen molar-refractivity contribution in [1.29, 1.82) is 0 Å². The van der Waals surface area contributed by atoms with E-state index in [2.05, 4.69) is 35.6 Å². The van der Waals surface area contributed by atoms with Gasteiger partial charge in [0.05, 0.1) is 10.2 Å². The molecule has 2 N–H and O–H groups in total. The largest absolute Gasteiger partial charge is 0.375 e. The zero-order valence-corrected chi connectivity index (χ0v) is 11.0. The standard InChI is InChI=1S/C13H17N3S/c1-9(2)7-16(3)8-10-4-5-11-12(6-10)17-13(14)15-11/h4-6H,1,7-8H2,2-3H3,(H2,14,15). The molecule has 2 rings (SSSR count). The van der Waals surface area contributed by atoms with E-state index in [0.29, 0.717) is 5.13 Å². The Morgan fingerprint density at radius 2 is 2.29 bits per heavy atom. The minimum absolute atomic E-state index is 0.632. The van der Waals surface area contributed by atoms with Crippen molar-refractivity contribution in [3.05, 3.63) is 35.9 Å². The highest BCUT2D eigenvalue weighted by atomic mass is 32.1. The second-order valence-corrected chi connectivity index (χ2v) is 5.55. The van der Waals surface area contributed by atoms with Crippen LogP contribution in [0.4, 0.5) is 5.13 Å². The molecule has 1 aromatic carbocycles. The lowest BCUT2D eigenvalue weighted by Gasteiger charge is -2.16. The molecule has 90 valence electrons. The van der Waals surface area contributed by atoms with E-state index in [4.69, 9.17) is 5.73 Å². The molecule has 17 heavy (non-hydrogen) atoms. The van der Waals surface area contributed by atoms with Gasteiger partial charge in [-0.05, 0) is 31.7 Å². The number of fused-ring (bicyclic) bond motifs is 1. The number of rotatable bonds is 4. The van der Waals surface area contributed by atoms with Crippen LogP contribution in [0.5, 0.6) is 0 Å². The zero-order chi connectivity index (χ0) is 12.4. The van der Waals surface area contributed by atoms with Crippen LogP contribution < -0.4 is 5.73 Å². The van der Waals surface area contributed by atoms with Crippen molar-refractivity contribution in [2.45, 2.75) is 13.5 Å². The lowest BCUT2D eigenvalue weighted by Crippen LogP contribution is -2.19. The van der Waals surface area contributed by atoms with Gasteiger partial charge >= 0.3 is 0 Å². The number of nitrogens with zero attached hydrogens (tertiary/aromatic N) is 2. The molecule has 0 amide bonds. The summed E-state index contributed by atoms with van der Waals surface area (Å²) < 4.78 is 1.16. The second-order valence-electron chi connectivity index (χ2n) is 4.48. The maximum absolute atomic E-state index is 5.69. The van der Waals surface area contributed by atoms with Gasteiger partial charge in [-0.15, -0.1) is 0 Å². The first-order valence-electron chi connectivity index (χ1n) is 5.52. The number of hydrogen-bond donors (Lipinski definition) is 1. The normalized spacial score (nSPS) is 11.2. The van der Waals surface area contributed by atoms with Gasteiger partial charge in [0.1, 0.15) is 0 Å². The Morgan fingerprint density at radius 3 is 3.00 bits per heavy atom. The Balaban J connectivity index is 2.16. The number of nitrogens with two attached hydrogens (primary N) is 1. The highest BCUT2D eigenvalue weighted by Gasteiger charge is 2.04. The number of anilines is 1. The summed E-state index contributed by atoms with van der Waals surface area (Å²) in [7, 11) is 2.10. The molecule has 0 spiro atoms. The van der Waals surface area contributed by atoms with Gasteiger partial charge in [0, 0.05) is 13.1 Å². The maximum Gasteiger partial charge on any atom is 0.181 e. The van der Waals surface area contributed by atoms with E-state index in [1.807, 2.05) is 13.0 Å². The van der Waals surface area contributed by atoms with Gasteiger partial charge in [-0.1, -0.05) is 29.6 Å². The Hall–Kier alpha value is -1.39. The summed E-state index contributed by atoms with van der Waals surface area (Å²) >= 11 is 1.54. The fraction of sp³-hybridized carbons (Fsp3) is 0.308. The molecule has 0 unspecified atom stereocenters. The number of thiazole rings is 1. The first kappa shape index (κ1) is 12.1. The third kappa shape index (κ3) is 3.05. The molecule has 4 heteroatoms. The maximum atomic E-state index is 5.69. The number of hydrogen-bond acceptors (Lipinski definition) is 4. The van der Waals surface area contributed by atoms with Crippen LogP contribution in [-0.2, 0) is 6.54 Å². The molecule has 0 atom stereocenters. The predicted octanol–water partition coefficient (Wildman–Crippen LogP) is 2.89.